The van der Waals surface area contributed by atoms with Crippen LogP contribution in [0.15, 0.2) is 18.2 Å². The van der Waals surface area contributed by atoms with Crippen LogP contribution in [0, 0.1) is 0 Å². The highest BCUT2D eigenvalue weighted by Gasteiger charge is 2.34. The number of rotatable bonds is 3. The first-order chi connectivity index (χ1) is 6.95. The van der Waals surface area contributed by atoms with Crippen LogP contribution in [-0.2, 0) is 10.9 Å². The van der Waals surface area contributed by atoms with Crippen LogP contribution in [0.1, 0.15) is 5.56 Å². The van der Waals surface area contributed by atoms with E-state index < -0.39 is 11.7 Å². The summed E-state index contributed by atoms with van der Waals surface area (Å²) in [5.41, 5.74) is -0.871. The Morgan fingerprint density at radius 1 is 1.33 bits per heavy atom. The molecule has 0 bridgehead atoms. The molecule has 0 atom stereocenters. The van der Waals surface area contributed by atoms with Gasteiger partial charge in [0.2, 0.25) is 0 Å². The maximum absolute atomic E-state index is 12.4. The maximum atomic E-state index is 12.4. The van der Waals surface area contributed by atoms with Crippen molar-refractivity contribution in [3.63, 3.8) is 0 Å². The molecule has 0 radical (unpaired) electrons. The Hall–Kier alpha value is -0.940. The predicted molar refractivity (Wildman–Crippen MR) is 49.0 cm³/mol. The third-order valence-electron chi connectivity index (χ3n) is 1.58. The molecule has 15 heavy (non-hydrogen) atoms. The SMILES string of the molecule is COCOc1cc(Cl)ccc1C(F)(F)F. The first-order valence-corrected chi connectivity index (χ1v) is 4.31. The summed E-state index contributed by atoms with van der Waals surface area (Å²) >= 11 is 5.56. The molecule has 0 aliphatic heterocycles. The summed E-state index contributed by atoms with van der Waals surface area (Å²) in [5, 5.41) is 0.175. The van der Waals surface area contributed by atoms with Gasteiger partial charge in [0.05, 0.1) is 5.56 Å². The summed E-state index contributed by atoms with van der Waals surface area (Å²) in [7, 11) is 1.32. The lowest BCUT2D eigenvalue weighted by Crippen LogP contribution is -2.09. The van der Waals surface area contributed by atoms with E-state index in [4.69, 9.17) is 16.3 Å². The van der Waals surface area contributed by atoms with Crippen molar-refractivity contribution in [2.75, 3.05) is 13.9 Å². The Bertz CT molecular complexity index is 339. The number of hydrogen-bond acceptors (Lipinski definition) is 2. The van der Waals surface area contributed by atoms with Crippen molar-refractivity contribution >= 4 is 11.6 Å². The standard InChI is InChI=1S/C9H8ClF3O2/c1-14-5-15-8-4-6(10)2-3-7(8)9(11,12)13/h2-4H,5H2,1H3. The Kier molecular flexibility index (Phi) is 3.82. The van der Waals surface area contributed by atoms with Gasteiger partial charge >= 0.3 is 6.18 Å². The summed E-state index contributed by atoms with van der Waals surface area (Å²) in [4.78, 5) is 0. The minimum absolute atomic E-state index is 0.175. The molecule has 84 valence electrons. The highest BCUT2D eigenvalue weighted by molar-refractivity contribution is 6.30. The maximum Gasteiger partial charge on any atom is 0.419 e. The van der Waals surface area contributed by atoms with Gasteiger partial charge in [0.15, 0.2) is 6.79 Å². The van der Waals surface area contributed by atoms with Crippen molar-refractivity contribution in [1.82, 2.24) is 0 Å². The summed E-state index contributed by atoms with van der Waals surface area (Å²) in [6, 6.07) is 3.13. The van der Waals surface area contributed by atoms with E-state index in [0.29, 0.717) is 0 Å². The molecule has 0 N–H and O–H groups in total. The molecule has 1 aromatic carbocycles. The lowest BCUT2D eigenvalue weighted by atomic mass is 10.2. The summed E-state index contributed by atoms with van der Waals surface area (Å²) in [6.45, 7) is -0.260. The third kappa shape index (κ3) is 3.28. The molecule has 1 aromatic rings. The van der Waals surface area contributed by atoms with Gasteiger partial charge in [-0.15, -0.1) is 0 Å². The average molecular weight is 241 g/mol. The first kappa shape index (κ1) is 12.1. The van der Waals surface area contributed by atoms with Crippen LogP contribution in [-0.4, -0.2) is 13.9 Å². The molecule has 0 fully saturated rings. The van der Waals surface area contributed by atoms with Crippen LogP contribution in [0.3, 0.4) is 0 Å². The van der Waals surface area contributed by atoms with E-state index in [1.807, 2.05) is 0 Å². The number of hydrogen-bond donors (Lipinski definition) is 0. The van der Waals surface area contributed by atoms with Gasteiger partial charge in [-0.2, -0.15) is 13.2 Å². The Morgan fingerprint density at radius 2 is 2.00 bits per heavy atom. The van der Waals surface area contributed by atoms with Crippen molar-refractivity contribution in [1.29, 1.82) is 0 Å². The normalized spacial score (nSPS) is 11.5. The second-order valence-electron chi connectivity index (χ2n) is 2.69. The van der Waals surface area contributed by atoms with Crippen molar-refractivity contribution < 1.29 is 22.6 Å². The Morgan fingerprint density at radius 3 is 2.53 bits per heavy atom. The molecule has 2 nitrogen and oxygen atoms in total. The number of benzene rings is 1. The van der Waals surface area contributed by atoms with E-state index in [9.17, 15) is 13.2 Å². The lowest BCUT2D eigenvalue weighted by Gasteiger charge is -2.13. The van der Waals surface area contributed by atoms with Gasteiger partial charge in [-0.25, -0.2) is 0 Å². The van der Waals surface area contributed by atoms with Gasteiger partial charge in [-0.3, -0.25) is 0 Å². The number of ether oxygens (including phenoxy) is 2. The van der Waals surface area contributed by atoms with E-state index in [1.54, 1.807) is 0 Å². The van der Waals surface area contributed by atoms with Crippen LogP contribution in [0.5, 0.6) is 5.75 Å². The quantitative estimate of drug-likeness (QED) is 0.755. The zero-order valence-electron chi connectivity index (χ0n) is 7.77. The van der Waals surface area contributed by atoms with Gasteiger partial charge in [-0.05, 0) is 18.2 Å². The van der Waals surface area contributed by atoms with Crippen LogP contribution in [0.4, 0.5) is 13.2 Å². The van der Waals surface area contributed by atoms with Gasteiger partial charge in [0.1, 0.15) is 5.75 Å². The van der Waals surface area contributed by atoms with Gasteiger partial charge in [-0.1, -0.05) is 11.6 Å². The second kappa shape index (κ2) is 4.72. The highest BCUT2D eigenvalue weighted by atomic mass is 35.5. The van der Waals surface area contributed by atoms with Gasteiger partial charge in [0, 0.05) is 12.1 Å². The van der Waals surface area contributed by atoms with E-state index in [0.717, 1.165) is 18.2 Å². The topological polar surface area (TPSA) is 18.5 Å². The summed E-state index contributed by atoms with van der Waals surface area (Å²) < 4.78 is 46.6. The minimum atomic E-state index is -4.46. The van der Waals surface area contributed by atoms with E-state index in [1.165, 1.54) is 7.11 Å². The summed E-state index contributed by atoms with van der Waals surface area (Å²) in [6.07, 6.45) is -4.46. The molecule has 0 spiro atoms. The first-order valence-electron chi connectivity index (χ1n) is 3.93. The molecule has 0 amide bonds. The molecule has 6 heteroatoms. The zero-order valence-corrected chi connectivity index (χ0v) is 8.52. The summed E-state index contributed by atoms with van der Waals surface area (Å²) in [5.74, 6) is -0.336. The van der Waals surface area contributed by atoms with Gasteiger partial charge in [0.25, 0.3) is 0 Å². The molecule has 0 unspecified atom stereocenters. The molecule has 0 aliphatic carbocycles. The van der Waals surface area contributed by atoms with E-state index in [-0.39, 0.29) is 17.6 Å². The zero-order chi connectivity index (χ0) is 11.5. The second-order valence-corrected chi connectivity index (χ2v) is 3.13. The van der Waals surface area contributed by atoms with Crippen molar-refractivity contribution in [2.24, 2.45) is 0 Å². The molecule has 0 heterocycles. The fourth-order valence-corrected chi connectivity index (χ4v) is 1.13. The molecular formula is C9H8ClF3O2. The van der Waals surface area contributed by atoms with E-state index in [2.05, 4.69) is 4.74 Å². The molecule has 1 rings (SSSR count). The van der Waals surface area contributed by atoms with Crippen LogP contribution in [0.2, 0.25) is 5.02 Å². The smallest absolute Gasteiger partial charge is 0.419 e. The van der Waals surface area contributed by atoms with Crippen LogP contribution in [0.25, 0.3) is 0 Å². The molecule has 0 aliphatic rings. The Balaban J connectivity index is 3.03. The molecular weight excluding hydrogens is 233 g/mol. The fraction of sp³-hybridized carbons (Fsp3) is 0.333. The number of methoxy groups -OCH3 is 1. The monoisotopic (exact) mass is 240 g/mol. The molecule has 0 aromatic heterocycles. The van der Waals surface area contributed by atoms with Crippen LogP contribution < -0.4 is 4.74 Å². The number of alkyl halides is 3. The van der Waals surface area contributed by atoms with Gasteiger partial charge < -0.3 is 9.47 Å². The highest BCUT2D eigenvalue weighted by Crippen LogP contribution is 2.37. The van der Waals surface area contributed by atoms with E-state index >= 15 is 0 Å². The third-order valence-corrected chi connectivity index (χ3v) is 1.82. The average Bonchev–Trinajstić information content (AvgIpc) is 2.12. The minimum Gasteiger partial charge on any atom is -0.467 e. The molecule has 0 saturated heterocycles. The molecule has 0 saturated carbocycles. The Labute approximate surface area is 89.6 Å². The number of halogens is 4. The largest absolute Gasteiger partial charge is 0.467 e. The van der Waals surface area contributed by atoms with Crippen molar-refractivity contribution in [3.05, 3.63) is 28.8 Å². The van der Waals surface area contributed by atoms with Crippen LogP contribution >= 0.6 is 11.6 Å². The van der Waals surface area contributed by atoms with Crippen molar-refractivity contribution in [3.8, 4) is 5.75 Å². The predicted octanol–water partition coefficient (Wildman–Crippen LogP) is 3.34. The fourth-order valence-electron chi connectivity index (χ4n) is 0.972. The lowest BCUT2D eigenvalue weighted by molar-refractivity contribution is -0.139. The van der Waals surface area contributed by atoms with Crippen molar-refractivity contribution in [2.45, 2.75) is 6.18 Å².